The van der Waals surface area contributed by atoms with Crippen LogP contribution >= 0.6 is 11.3 Å². The number of pyridine rings is 1. The summed E-state index contributed by atoms with van der Waals surface area (Å²) in [6.45, 7) is 6.23. The lowest BCUT2D eigenvalue weighted by atomic mass is 10.0. The molecule has 1 amide bonds. The van der Waals surface area contributed by atoms with E-state index in [4.69, 9.17) is 9.72 Å². The molecule has 6 heteroatoms. The first kappa shape index (κ1) is 22.3. The predicted molar refractivity (Wildman–Crippen MR) is 137 cm³/mol. The number of esters is 1. The molecule has 1 aliphatic carbocycles. The van der Waals surface area contributed by atoms with Crippen LogP contribution in [0.4, 0.5) is 5.00 Å². The molecule has 0 saturated carbocycles. The van der Waals surface area contributed by atoms with Gasteiger partial charge in [0.05, 0.1) is 28.9 Å². The molecule has 0 bridgehead atoms. The van der Waals surface area contributed by atoms with E-state index in [0.717, 1.165) is 51.9 Å². The third-order valence-corrected chi connectivity index (χ3v) is 7.60. The van der Waals surface area contributed by atoms with Crippen LogP contribution in [0.15, 0.2) is 48.5 Å². The minimum absolute atomic E-state index is 0.255. The molecule has 0 unspecified atom stereocenters. The highest BCUT2D eigenvalue weighted by molar-refractivity contribution is 7.17. The zero-order chi connectivity index (χ0) is 23.8. The molecule has 0 saturated heterocycles. The number of anilines is 1. The monoisotopic (exact) mass is 470 g/mol. The van der Waals surface area contributed by atoms with Gasteiger partial charge in [-0.15, -0.1) is 11.3 Å². The van der Waals surface area contributed by atoms with Gasteiger partial charge < -0.3 is 10.1 Å². The number of ether oxygens (including phenoxy) is 1. The van der Waals surface area contributed by atoms with Gasteiger partial charge in [0.15, 0.2) is 0 Å². The smallest absolute Gasteiger partial charge is 0.341 e. The fourth-order valence-electron chi connectivity index (χ4n) is 4.49. The maximum Gasteiger partial charge on any atom is 0.341 e. The van der Waals surface area contributed by atoms with Crippen molar-refractivity contribution >= 4 is 39.1 Å². The molecule has 5 rings (SSSR count). The molecule has 2 aromatic carbocycles. The van der Waals surface area contributed by atoms with Crippen LogP contribution < -0.4 is 5.32 Å². The molecule has 4 aromatic rings. The predicted octanol–water partition coefficient (Wildman–Crippen LogP) is 6.50. The molecule has 1 N–H and O–H groups in total. The quantitative estimate of drug-likeness (QED) is 0.338. The van der Waals surface area contributed by atoms with Crippen molar-refractivity contribution in [1.82, 2.24) is 4.98 Å². The average molecular weight is 471 g/mol. The molecule has 0 spiro atoms. The number of thiophene rings is 1. The molecule has 1 aliphatic rings. The van der Waals surface area contributed by atoms with Crippen molar-refractivity contribution < 1.29 is 14.3 Å². The summed E-state index contributed by atoms with van der Waals surface area (Å²) in [5.41, 5.74) is 6.90. The van der Waals surface area contributed by atoms with Gasteiger partial charge in [0.2, 0.25) is 0 Å². The van der Waals surface area contributed by atoms with Gasteiger partial charge in [0.25, 0.3) is 5.91 Å². The molecule has 0 fully saturated rings. The first-order valence-corrected chi connectivity index (χ1v) is 12.4. The lowest BCUT2D eigenvalue weighted by Crippen LogP contribution is -2.16. The van der Waals surface area contributed by atoms with Crippen LogP contribution in [0.1, 0.15) is 55.6 Å². The Hall–Kier alpha value is -3.51. The Morgan fingerprint density at radius 1 is 1.06 bits per heavy atom. The Morgan fingerprint density at radius 3 is 2.68 bits per heavy atom. The van der Waals surface area contributed by atoms with Crippen LogP contribution in [0, 0.1) is 13.8 Å². The summed E-state index contributed by atoms with van der Waals surface area (Å²) in [6, 6.07) is 15.7. The summed E-state index contributed by atoms with van der Waals surface area (Å²) in [6.07, 6.45) is 2.79. The van der Waals surface area contributed by atoms with E-state index in [0.29, 0.717) is 22.7 Å². The topological polar surface area (TPSA) is 68.3 Å². The highest BCUT2D eigenvalue weighted by Gasteiger charge is 2.29. The Kier molecular flexibility index (Phi) is 5.92. The fraction of sp³-hybridized carbons (Fsp3) is 0.250. The highest BCUT2D eigenvalue weighted by atomic mass is 32.1. The number of fused-ring (bicyclic) bond motifs is 2. The number of benzene rings is 2. The van der Waals surface area contributed by atoms with Crippen LogP contribution in [0.3, 0.4) is 0 Å². The van der Waals surface area contributed by atoms with Crippen molar-refractivity contribution in [3.05, 3.63) is 81.2 Å². The van der Waals surface area contributed by atoms with E-state index in [1.165, 1.54) is 22.5 Å². The first-order chi connectivity index (χ1) is 16.5. The molecule has 5 nitrogen and oxygen atoms in total. The largest absolute Gasteiger partial charge is 0.462 e. The number of carbonyl (C=O) groups excluding carboxylic acids is 2. The number of para-hydroxylation sites is 1. The van der Waals surface area contributed by atoms with Crippen molar-refractivity contribution in [2.24, 2.45) is 0 Å². The standard InChI is InChI=1S/C28H26N2O3S/c1-4-33-28(32)25-20-9-7-11-24(20)34-27(25)30-26(31)21-15-23(18-13-12-16(2)17(3)14-18)29-22-10-6-5-8-19(21)22/h5-6,8,10,12-15H,4,7,9,11H2,1-3H3,(H,30,31). The third-order valence-electron chi connectivity index (χ3n) is 6.39. The van der Waals surface area contributed by atoms with E-state index in [9.17, 15) is 9.59 Å². The zero-order valence-corrected chi connectivity index (χ0v) is 20.3. The van der Waals surface area contributed by atoms with E-state index >= 15 is 0 Å². The molecule has 0 radical (unpaired) electrons. The van der Waals surface area contributed by atoms with E-state index in [2.05, 4.69) is 31.3 Å². The van der Waals surface area contributed by atoms with Gasteiger partial charge in [0.1, 0.15) is 5.00 Å². The van der Waals surface area contributed by atoms with E-state index in [-0.39, 0.29) is 11.9 Å². The summed E-state index contributed by atoms with van der Waals surface area (Å²) in [4.78, 5) is 32.3. The van der Waals surface area contributed by atoms with Gasteiger partial charge in [-0.25, -0.2) is 9.78 Å². The minimum Gasteiger partial charge on any atom is -0.462 e. The Labute approximate surface area is 202 Å². The summed E-state index contributed by atoms with van der Waals surface area (Å²) in [5.74, 6) is -0.623. The molecule has 172 valence electrons. The molecule has 2 heterocycles. The summed E-state index contributed by atoms with van der Waals surface area (Å²) < 4.78 is 5.31. The number of aromatic nitrogens is 1. The van der Waals surface area contributed by atoms with Crippen LogP contribution in [0.25, 0.3) is 22.2 Å². The van der Waals surface area contributed by atoms with Gasteiger partial charge in [0, 0.05) is 15.8 Å². The maximum absolute atomic E-state index is 13.6. The van der Waals surface area contributed by atoms with Gasteiger partial charge in [-0.2, -0.15) is 0 Å². The molecule has 0 aliphatic heterocycles. The van der Waals surface area contributed by atoms with Crippen LogP contribution in [-0.2, 0) is 17.6 Å². The van der Waals surface area contributed by atoms with Crippen molar-refractivity contribution in [2.45, 2.75) is 40.0 Å². The second-order valence-electron chi connectivity index (χ2n) is 8.61. The number of amides is 1. The van der Waals surface area contributed by atoms with Crippen molar-refractivity contribution in [2.75, 3.05) is 11.9 Å². The van der Waals surface area contributed by atoms with Crippen LogP contribution in [0.5, 0.6) is 0 Å². The summed E-state index contributed by atoms with van der Waals surface area (Å²) in [7, 11) is 0. The Bertz CT molecular complexity index is 1440. The van der Waals surface area contributed by atoms with Crippen LogP contribution in [-0.4, -0.2) is 23.5 Å². The summed E-state index contributed by atoms with van der Waals surface area (Å²) in [5, 5.41) is 4.38. The average Bonchev–Trinajstić information content (AvgIpc) is 3.41. The Morgan fingerprint density at radius 2 is 1.88 bits per heavy atom. The van der Waals surface area contributed by atoms with Crippen molar-refractivity contribution in [3.63, 3.8) is 0 Å². The summed E-state index contributed by atoms with van der Waals surface area (Å²) >= 11 is 1.49. The van der Waals surface area contributed by atoms with E-state index in [1.54, 1.807) is 6.92 Å². The number of rotatable bonds is 5. The number of hydrogen-bond donors (Lipinski definition) is 1. The highest BCUT2D eigenvalue weighted by Crippen LogP contribution is 2.40. The number of carbonyl (C=O) groups is 2. The minimum atomic E-state index is -0.368. The van der Waals surface area contributed by atoms with Gasteiger partial charge in [-0.3, -0.25) is 4.79 Å². The lowest BCUT2D eigenvalue weighted by molar-refractivity contribution is 0.0527. The van der Waals surface area contributed by atoms with Crippen molar-refractivity contribution in [1.29, 1.82) is 0 Å². The number of nitrogens with one attached hydrogen (secondary N) is 1. The normalized spacial score (nSPS) is 12.6. The maximum atomic E-state index is 13.6. The second kappa shape index (κ2) is 9.03. The lowest BCUT2D eigenvalue weighted by Gasteiger charge is -2.12. The first-order valence-electron chi connectivity index (χ1n) is 11.6. The molecule has 34 heavy (non-hydrogen) atoms. The van der Waals surface area contributed by atoms with Gasteiger partial charge in [-0.1, -0.05) is 30.3 Å². The number of nitrogens with zero attached hydrogens (tertiary/aromatic N) is 1. The molecule has 0 atom stereocenters. The Balaban J connectivity index is 1.58. The molecular weight excluding hydrogens is 444 g/mol. The van der Waals surface area contributed by atoms with Crippen molar-refractivity contribution in [3.8, 4) is 11.3 Å². The SMILES string of the molecule is CCOC(=O)c1c(NC(=O)c2cc(-c3ccc(C)c(C)c3)nc3ccccc23)sc2c1CCC2. The van der Waals surface area contributed by atoms with E-state index in [1.807, 2.05) is 36.4 Å². The number of hydrogen-bond acceptors (Lipinski definition) is 5. The molecule has 2 aromatic heterocycles. The van der Waals surface area contributed by atoms with E-state index < -0.39 is 0 Å². The number of aryl methyl sites for hydroxylation is 3. The van der Waals surface area contributed by atoms with Crippen LogP contribution in [0.2, 0.25) is 0 Å². The zero-order valence-electron chi connectivity index (χ0n) is 19.5. The fourth-order valence-corrected chi connectivity index (χ4v) is 5.77. The third kappa shape index (κ3) is 3.99. The second-order valence-corrected chi connectivity index (χ2v) is 9.71. The van der Waals surface area contributed by atoms with Gasteiger partial charge in [-0.05, 0) is 74.9 Å². The van der Waals surface area contributed by atoms with Gasteiger partial charge >= 0.3 is 5.97 Å². The molecular formula is C28H26N2O3S.